The van der Waals surface area contributed by atoms with Crippen LogP contribution in [0.5, 0.6) is 0 Å². The Hall–Kier alpha value is -0.0231. The highest BCUT2D eigenvalue weighted by Gasteiger charge is 2.42. The van der Waals surface area contributed by atoms with E-state index in [9.17, 15) is 0 Å². The molecule has 0 amide bonds. The average Bonchev–Trinajstić information content (AvgIpc) is 2.87. The predicted octanol–water partition coefficient (Wildman–Crippen LogP) is 8.26. The monoisotopic (exact) mass is 520 g/mol. The molecule has 0 aliphatic heterocycles. The van der Waals surface area contributed by atoms with E-state index in [-0.39, 0.29) is 6.10 Å². The topological polar surface area (TPSA) is 55.4 Å². The summed E-state index contributed by atoms with van der Waals surface area (Å²) < 4.78 is 38.4. The van der Waals surface area contributed by atoms with E-state index in [0.29, 0.717) is 39.5 Å². The van der Waals surface area contributed by atoms with E-state index in [4.69, 9.17) is 27.5 Å². The van der Waals surface area contributed by atoms with Gasteiger partial charge in [-0.25, -0.2) is 0 Å². The van der Waals surface area contributed by atoms with E-state index in [1.807, 2.05) is 0 Å². The molecule has 0 rings (SSSR count). The van der Waals surface area contributed by atoms with Gasteiger partial charge in [-0.15, -0.1) is 0 Å². The second-order valence-electron chi connectivity index (χ2n) is 9.42. The average molecular weight is 521 g/mol. The third kappa shape index (κ3) is 16.4. The standard InChI is InChI=1S/C28H60O6Si/c1-8-15-22-29-28(30-23-16-9-2,31-24-17-10-3)21-20-27(13-6)34-35(14-7,32-25-18-11-4)33-26-19-12-5/h27H,8-26H2,1-7H3. The number of ether oxygens (including phenoxy) is 3. The summed E-state index contributed by atoms with van der Waals surface area (Å²) in [4.78, 5) is 0. The number of unbranched alkanes of at least 4 members (excludes halogenated alkanes) is 5. The Bertz CT molecular complexity index is 415. The van der Waals surface area contributed by atoms with Gasteiger partial charge < -0.3 is 27.5 Å². The Labute approximate surface area is 219 Å². The van der Waals surface area contributed by atoms with Crippen molar-refractivity contribution in [2.45, 2.75) is 150 Å². The smallest absolute Gasteiger partial charge is 0.373 e. The first-order chi connectivity index (χ1) is 17.0. The molecule has 0 saturated carbocycles. The van der Waals surface area contributed by atoms with Crippen molar-refractivity contribution >= 4 is 8.80 Å². The first kappa shape index (κ1) is 35.0. The van der Waals surface area contributed by atoms with Crippen LogP contribution in [0.3, 0.4) is 0 Å². The minimum atomic E-state index is -2.74. The molecule has 0 bridgehead atoms. The van der Waals surface area contributed by atoms with Gasteiger partial charge in [0.25, 0.3) is 5.97 Å². The largest absolute Gasteiger partial charge is 0.500 e. The fourth-order valence-corrected chi connectivity index (χ4v) is 6.03. The lowest BCUT2D eigenvalue weighted by atomic mass is 10.1. The summed E-state index contributed by atoms with van der Waals surface area (Å²) in [6, 6.07) is 0.787. The fourth-order valence-electron chi connectivity index (χ4n) is 3.54. The summed E-state index contributed by atoms with van der Waals surface area (Å²) in [5, 5.41) is 0. The molecule has 0 N–H and O–H groups in total. The van der Waals surface area contributed by atoms with Crippen LogP contribution < -0.4 is 0 Å². The zero-order valence-electron chi connectivity index (χ0n) is 24.5. The van der Waals surface area contributed by atoms with Crippen LogP contribution in [-0.2, 0) is 27.5 Å². The van der Waals surface area contributed by atoms with Crippen LogP contribution in [0.1, 0.15) is 132 Å². The van der Waals surface area contributed by atoms with E-state index in [0.717, 1.165) is 83.1 Å². The van der Waals surface area contributed by atoms with E-state index >= 15 is 0 Å². The summed E-state index contributed by atoms with van der Waals surface area (Å²) >= 11 is 0. The van der Waals surface area contributed by atoms with Gasteiger partial charge in [0.2, 0.25) is 0 Å². The molecule has 0 heterocycles. The number of rotatable bonds is 27. The van der Waals surface area contributed by atoms with Crippen molar-refractivity contribution in [2.75, 3.05) is 33.0 Å². The second-order valence-corrected chi connectivity index (χ2v) is 12.3. The molecule has 0 aromatic carbocycles. The molecule has 0 aromatic heterocycles. The van der Waals surface area contributed by atoms with Gasteiger partial charge in [0, 0.05) is 31.8 Å². The maximum Gasteiger partial charge on any atom is 0.500 e. The molecule has 0 saturated heterocycles. The molecule has 1 atom stereocenters. The molecule has 35 heavy (non-hydrogen) atoms. The van der Waals surface area contributed by atoms with Gasteiger partial charge >= 0.3 is 8.80 Å². The minimum Gasteiger partial charge on any atom is -0.373 e. The quantitative estimate of drug-likeness (QED) is 0.0617. The maximum atomic E-state index is 6.73. The van der Waals surface area contributed by atoms with Crippen molar-refractivity contribution in [3.8, 4) is 0 Å². The summed E-state index contributed by atoms with van der Waals surface area (Å²) in [6.45, 7) is 18.5. The van der Waals surface area contributed by atoms with Crippen molar-refractivity contribution in [1.29, 1.82) is 0 Å². The molecule has 0 fully saturated rings. The van der Waals surface area contributed by atoms with Crippen LogP contribution in [0.4, 0.5) is 0 Å². The first-order valence-electron chi connectivity index (χ1n) is 14.9. The molecule has 0 aromatic rings. The molecule has 7 heteroatoms. The van der Waals surface area contributed by atoms with Crippen molar-refractivity contribution < 1.29 is 27.5 Å². The third-order valence-corrected chi connectivity index (χ3v) is 8.95. The molecule has 212 valence electrons. The molecule has 0 aliphatic rings. The lowest BCUT2D eigenvalue weighted by molar-refractivity contribution is -0.385. The fraction of sp³-hybridized carbons (Fsp3) is 1.00. The Morgan fingerprint density at radius 3 is 1.31 bits per heavy atom. The molecule has 6 nitrogen and oxygen atoms in total. The summed E-state index contributed by atoms with van der Waals surface area (Å²) in [5.41, 5.74) is 0. The third-order valence-electron chi connectivity index (χ3n) is 6.11. The van der Waals surface area contributed by atoms with E-state index in [1.54, 1.807) is 0 Å². The van der Waals surface area contributed by atoms with Crippen LogP contribution in [0.25, 0.3) is 0 Å². The minimum absolute atomic E-state index is 0.0172. The van der Waals surface area contributed by atoms with Crippen LogP contribution in [-0.4, -0.2) is 53.9 Å². The summed E-state index contributed by atoms with van der Waals surface area (Å²) in [6.07, 6.45) is 12.8. The normalized spacial score (nSPS) is 13.5. The van der Waals surface area contributed by atoms with Crippen LogP contribution in [0, 0.1) is 0 Å². The molecule has 0 radical (unpaired) electrons. The zero-order chi connectivity index (χ0) is 26.3. The predicted molar refractivity (Wildman–Crippen MR) is 148 cm³/mol. The Morgan fingerprint density at radius 2 is 0.971 bits per heavy atom. The van der Waals surface area contributed by atoms with Gasteiger partial charge in [0.1, 0.15) is 0 Å². The van der Waals surface area contributed by atoms with Crippen molar-refractivity contribution in [3.63, 3.8) is 0 Å². The Morgan fingerprint density at radius 1 is 0.571 bits per heavy atom. The van der Waals surface area contributed by atoms with Crippen LogP contribution >= 0.6 is 0 Å². The first-order valence-corrected chi connectivity index (χ1v) is 16.8. The highest BCUT2D eigenvalue weighted by Crippen LogP contribution is 2.29. The molecular weight excluding hydrogens is 460 g/mol. The van der Waals surface area contributed by atoms with Crippen LogP contribution in [0.2, 0.25) is 6.04 Å². The van der Waals surface area contributed by atoms with Crippen LogP contribution in [0.15, 0.2) is 0 Å². The molecule has 1 unspecified atom stereocenters. The lowest BCUT2D eigenvalue weighted by Crippen LogP contribution is -2.49. The Kier molecular flexibility index (Phi) is 23.1. The van der Waals surface area contributed by atoms with Gasteiger partial charge in [0.15, 0.2) is 0 Å². The Balaban J connectivity index is 5.47. The van der Waals surface area contributed by atoms with Gasteiger partial charge in [-0.05, 0) is 44.9 Å². The van der Waals surface area contributed by atoms with E-state index in [1.165, 1.54) is 0 Å². The number of hydrogen-bond acceptors (Lipinski definition) is 6. The highest BCUT2D eigenvalue weighted by molar-refractivity contribution is 6.60. The SMILES string of the molecule is CCCCOC(CCC(CC)O[Si](CC)(OCCCC)OCCCC)(OCCCC)OCCCC. The van der Waals surface area contributed by atoms with Gasteiger partial charge in [-0.3, -0.25) is 0 Å². The van der Waals surface area contributed by atoms with Gasteiger partial charge in [-0.2, -0.15) is 0 Å². The zero-order valence-corrected chi connectivity index (χ0v) is 25.5. The maximum absolute atomic E-state index is 6.73. The second kappa shape index (κ2) is 23.1. The lowest BCUT2D eigenvalue weighted by Gasteiger charge is -2.36. The van der Waals surface area contributed by atoms with Gasteiger partial charge in [-0.1, -0.05) is 80.6 Å². The summed E-state index contributed by atoms with van der Waals surface area (Å²) in [5.74, 6) is -1.00. The van der Waals surface area contributed by atoms with Gasteiger partial charge in [0.05, 0.1) is 19.8 Å². The van der Waals surface area contributed by atoms with E-state index in [2.05, 4.69) is 48.5 Å². The molecule has 0 spiro atoms. The molecular formula is C28H60O6Si. The summed E-state index contributed by atoms with van der Waals surface area (Å²) in [7, 11) is -2.74. The van der Waals surface area contributed by atoms with Crippen molar-refractivity contribution in [3.05, 3.63) is 0 Å². The number of hydrogen-bond donors (Lipinski definition) is 0. The molecule has 0 aliphatic carbocycles. The van der Waals surface area contributed by atoms with Crippen molar-refractivity contribution in [2.24, 2.45) is 0 Å². The highest BCUT2D eigenvalue weighted by atomic mass is 28.4. The van der Waals surface area contributed by atoms with E-state index < -0.39 is 14.8 Å². The van der Waals surface area contributed by atoms with Crippen molar-refractivity contribution in [1.82, 2.24) is 0 Å².